The molecule has 1 atom stereocenters. The highest BCUT2D eigenvalue weighted by Crippen LogP contribution is 2.24. The summed E-state index contributed by atoms with van der Waals surface area (Å²) in [7, 11) is 0. The minimum atomic E-state index is 0.110. The second-order valence-electron chi connectivity index (χ2n) is 6.45. The Kier molecular flexibility index (Phi) is 4.73. The molecule has 0 bridgehead atoms. The summed E-state index contributed by atoms with van der Waals surface area (Å²) in [5.41, 5.74) is 1.61. The second-order valence-corrected chi connectivity index (χ2v) is 6.45. The number of hydrogen-bond donors (Lipinski definition) is 0. The van der Waals surface area contributed by atoms with E-state index in [0.717, 1.165) is 36.9 Å². The van der Waals surface area contributed by atoms with E-state index in [4.69, 9.17) is 4.52 Å². The van der Waals surface area contributed by atoms with Crippen LogP contribution in [0, 0.1) is 0 Å². The topological polar surface area (TPSA) is 72.1 Å². The Morgan fingerprint density at radius 1 is 1.15 bits per heavy atom. The van der Waals surface area contributed by atoms with Crippen molar-refractivity contribution in [1.29, 1.82) is 0 Å². The van der Waals surface area contributed by atoms with Crippen LogP contribution in [0.1, 0.15) is 35.4 Å². The van der Waals surface area contributed by atoms with E-state index in [1.54, 1.807) is 12.4 Å². The van der Waals surface area contributed by atoms with E-state index in [0.29, 0.717) is 18.1 Å². The highest BCUT2D eigenvalue weighted by molar-refractivity contribution is 5.94. The zero-order valence-corrected chi connectivity index (χ0v) is 14.4. The van der Waals surface area contributed by atoms with Crippen LogP contribution in [0.15, 0.2) is 59.4 Å². The van der Waals surface area contributed by atoms with E-state index >= 15 is 0 Å². The molecular weight excluding hydrogens is 328 g/mol. The number of nitrogens with zero attached hydrogens (tertiary/aromatic N) is 4. The fraction of sp³-hybridized carbons (Fsp3) is 0.300. The Bertz CT molecular complexity index is 864. The zero-order valence-electron chi connectivity index (χ0n) is 14.4. The highest BCUT2D eigenvalue weighted by atomic mass is 16.5. The van der Waals surface area contributed by atoms with Gasteiger partial charge in [-0.1, -0.05) is 23.4 Å². The van der Waals surface area contributed by atoms with E-state index in [1.807, 2.05) is 47.4 Å². The van der Waals surface area contributed by atoms with Gasteiger partial charge in [-0.3, -0.25) is 9.78 Å². The molecule has 26 heavy (non-hydrogen) atoms. The molecule has 1 fully saturated rings. The smallest absolute Gasteiger partial charge is 0.258 e. The zero-order chi connectivity index (χ0) is 17.8. The summed E-state index contributed by atoms with van der Waals surface area (Å²) in [6.07, 6.45) is 6.99. The molecule has 1 aromatic carbocycles. The molecule has 0 saturated carbocycles. The molecular formula is C20H20N4O2. The van der Waals surface area contributed by atoms with Gasteiger partial charge < -0.3 is 9.42 Å². The number of benzene rings is 1. The quantitative estimate of drug-likeness (QED) is 0.707. The third-order valence-electron chi connectivity index (χ3n) is 4.76. The van der Waals surface area contributed by atoms with Crippen molar-refractivity contribution in [2.45, 2.75) is 31.7 Å². The van der Waals surface area contributed by atoms with Crippen LogP contribution in [0.4, 0.5) is 0 Å². The molecule has 4 rings (SSSR count). The molecule has 0 N–H and O–H groups in total. The minimum Gasteiger partial charge on any atom is -0.336 e. The van der Waals surface area contributed by atoms with Crippen molar-refractivity contribution < 1.29 is 9.32 Å². The maximum atomic E-state index is 12.7. The predicted molar refractivity (Wildman–Crippen MR) is 96.4 cm³/mol. The van der Waals surface area contributed by atoms with Crippen molar-refractivity contribution in [3.05, 3.63) is 66.2 Å². The van der Waals surface area contributed by atoms with Gasteiger partial charge in [-0.15, -0.1) is 0 Å². The third kappa shape index (κ3) is 3.49. The van der Waals surface area contributed by atoms with Gasteiger partial charge in [0.05, 0.1) is 0 Å². The molecule has 2 aromatic heterocycles. The second kappa shape index (κ2) is 7.47. The maximum absolute atomic E-state index is 12.7. The van der Waals surface area contributed by atoms with Crippen LogP contribution in [-0.2, 0) is 6.42 Å². The lowest BCUT2D eigenvalue weighted by Crippen LogP contribution is -2.35. The molecule has 1 aliphatic rings. The number of pyridine rings is 1. The summed E-state index contributed by atoms with van der Waals surface area (Å²) >= 11 is 0. The normalized spacial score (nSPS) is 16.8. The van der Waals surface area contributed by atoms with Gasteiger partial charge in [0.25, 0.3) is 11.8 Å². The summed E-state index contributed by atoms with van der Waals surface area (Å²) in [6, 6.07) is 13.4. The fourth-order valence-electron chi connectivity index (χ4n) is 3.41. The number of amides is 1. The predicted octanol–water partition coefficient (Wildman–Crippen LogP) is 3.37. The molecule has 6 heteroatoms. The number of likely N-dealkylation sites (tertiary alicyclic amines) is 1. The number of aromatic nitrogens is 3. The monoisotopic (exact) mass is 348 g/mol. The van der Waals surface area contributed by atoms with Crippen LogP contribution in [-0.4, -0.2) is 38.5 Å². The number of hydrogen-bond acceptors (Lipinski definition) is 5. The van der Waals surface area contributed by atoms with Gasteiger partial charge in [0.15, 0.2) is 5.82 Å². The maximum Gasteiger partial charge on any atom is 0.258 e. The van der Waals surface area contributed by atoms with Gasteiger partial charge in [0, 0.05) is 42.5 Å². The Morgan fingerprint density at radius 3 is 2.77 bits per heavy atom. The minimum absolute atomic E-state index is 0.110. The van der Waals surface area contributed by atoms with Crippen LogP contribution >= 0.6 is 0 Å². The van der Waals surface area contributed by atoms with Crippen LogP contribution < -0.4 is 0 Å². The molecule has 1 unspecified atom stereocenters. The third-order valence-corrected chi connectivity index (χ3v) is 4.76. The standard InChI is InChI=1S/C20H20N4O2/c25-20(16-5-2-1-3-6-16)24-14-4-7-17(24)8-9-18-22-19(26-23-18)15-10-12-21-13-11-15/h1-3,5-6,10-13,17H,4,7-9,14H2. The molecule has 3 heterocycles. The molecule has 0 aliphatic carbocycles. The number of aryl methyl sites for hydroxylation is 1. The average Bonchev–Trinajstić information content (AvgIpc) is 3.36. The first kappa shape index (κ1) is 16.4. The first-order valence-electron chi connectivity index (χ1n) is 8.90. The Morgan fingerprint density at radius 2 is 1.96 bits per heavy atom. The molecule has 6 nitrogen and oxygen atoms in total. The van der Waals surface area contributed by atoms with E-state index in [9.17, 15) is 4.79 Å². The first-order valence-corrected chi connectivity index (χ1v) is 8.90. The van der Waals surface area contributed by atoms with Gasteiger partial charge in [-0.25, -0.2) is 0 Å². The summed E-state index contributed by atoms with van der Waals surface area (Å²) < 4.78 is 5.34. The van der Waals surface area contributed by atoms with Gasteiger partial charge in [0.1, 0.15) is 0 Å². The Balaban J connectivity index is 1.40. The lowest BCUT2D eigenvalue weighted by Gasteiger charge is -2.24. The van der Waals surface area contributed by atoms with E-state index in [-0.39, 0.29) is 11.9 Å². The lowest BCUT2D eigenvalue weighted by atomic mass is 10.1. The Hall–Kier alpha value is -3.02. The molecule has 0 spiro atoms. The van der Waals surface area contributed by atoms with Crippen molar-refractivity contribution in [2.75, 3.05) is 6.54 Å². The van der Waals surface area contributed by atoms with Crippen molar-refractivity contribution in [3.63, 3.8) is 0 Å². The number of carbonyl (C=O) groups excluding carboxylic acids is 1. The summed E-state index contributed by atoms with van der Waals surface area (Å²) in [4.78, 5) is 23.2. The van der Waals surface area contributed by atoms with E-state index in [2.05, 4.69) is 15.1 Å². The van der Waals surface area contributed by atoms with Crippen LogP contribution in [0.2, 0.25) is 0 Å². The SMILES string of the molecule is O=C(c1ccccc1)N1CCCC1CCc1noc(-c2ccncc2)n1. The van der Waals surface area contributed by atoms with Gasteiger partial charge >= 0.3 is 0 Å². The summed E-state index contributed by atoms with van der Waals surface area (Å²) in [5, 5.41) is 4.07. The summed E-state index contributed by atoms with van der Waals surface area (Å²) in [6.45, 7) is 0.812. The molecule has 1 saturated heterocycles. The van der Waals surface area contributed by atoms with Crippen molar-refractivity contribution >= 4 is 5.91 Å². The average molecular weight is 348 g/mol. The van der Waals surface area contributed by atoms with Crippen molar-refractivity contribution in [3.8, 4) is 11.5 Å². The van der Waals surface area contributed by atoms with Crippen LogP contribution in [0.3, 0.4) is 0 Å². The molecule has 3 aromatic rings. The van der Waals surface area contributed by atoms with Gasteiger partial charge in [-0.05, 0) is 43.5 Å². The molecule has 132 valence electrons. The van der Waals surface area contributed by atoms with Crippen LogP contribution in [0.25, 0.3) is 11.5 Å². The van der Waals surface area contributed by atoms with Crippen molar-refractivity contribution in [2.24, 2.45) is 0 Å². The van der Waals surface area contributed by atoms with Crippen LogP contribution in [0.5, 0.6) is 0 Å². The highest BCUT2D eigenvalue weighted by Gasteiger charge is 2.29. The van der Waals surface area contributed by atoms with E-state index < -0.39 is 0 Å². The molecule has 1 aliphatic heterocycles. The number of rotatable bonds is 5. The number of carbonyl (C=O) groups is 1. The first-order chi connectivity index (χ1) is 12.8. The fourth-order valence-corrected chi connectivity index (χ4v) is 3.41. The largest absolute Gasteiger partial charge is 0.336 e. The molecule has 1 amide bonds. The molecule has 0 radical (unpaired) electrons. The van der Waals surface area contributed by atoms with Gasteiger partial charge in [-0.2, -0.15) is 4.98 Å². The summed E-state index contributed by atoms with van der Waals surface area (Å²) in [5.74, 6) is 1.29. The Labute approximate surface area is 151 Å². The van der Waals surface area contributed by atoms with Gasteiger partial charge in [0.2, 0.25) is 0 Å². The van der Waals surface area contributed by atoms with Crippen molar-refractivity contribution in [1.82, 2.24) is 20.0 Å². The van der Waals surface area contributed by atoms with E-state index in [1.165, 1.54) is 0 Å². The lowest BCUT2D eigenvalue weighted by molar-refractivity contribution is 0.0730.